The molecule has 3 aromatic heterocycles. The van der Waals surface area contributed by atoms with E-state index in [0.717, 1.165) is 61.1 Å². The number of rotatable bonds is 5. The van der Waals surface area contributed by atoms with Gasteiger partial charge >= 0.3 is 99.8 Å². The van der Waals surface area contributed by atoms with E-state index >= 15 is 0 Å². The number of aryl methyl sites for hydroxylation is 1. The zero-order chi connectivity index (χ0) is 33.1. The van der Waals surface area contributed by atoms with E-state index < -0.39 is 13.3 Å². The zero-order valence-electron chi connectivity index (χ0n) is 28.0. The third-order valence-corrected chi connectivity index (χ3v) is 12.9. The van der Waals surface area contributed by atoms with Gasteiger partial charge in [0.1, 0.15) is 5.58 Å². The number of fused-ring (bicyclic) bond motifs is 3. The van der Waals surface area contributed by atoms with Crippen LogP contribution in [-0.2, 0) is 20.1 Å². The normalized spacial score (nSPS) is 11.1. The summed E-state index contributed by atoms with van der Waals surface area (Å²) in [6, 6.07) is 52.1. The first-order chi connectivity index (χ1) is 23.3. The molecule has 8 rings (SSSR count). The summed E-state index contributed by atoms with van der Waals surface area (Å²) in [5, 5.41) is 2.19. The summed E-state index contributed by atoms with van der Waals surface area (Å²) >= 11 is -1.72. The second-order valence-electron chi connectivity index (χ2n) is 13.0. The molecule has 0 aliphatic rings. The van der Waals surface area contributed by atoms with Crippen LogP contribution in [0, 0.1) is 19.1 Å². The summed E-state index contributed by atoms with van der Waals surface area (Å²) in [7, 11) is 0. The molecule has 3 nitrogen and oxygen atoms in total. The van der Waals surface area contributed by atoms with Crippen LogP contribution in [0.15, 0.2) is 150 Å². The molecule has 0 fully saturated rings. The summed E-state index contributed by atoms with van der Waals surface area (Å²) in [4.78, 5) is 9.29. The largest absolute Gasteiger partial charge is 0 e. The van der Waals surface area contributed by atoms with Gasteiger partial charge in [-0.25, -0.2) is 0 Å². The Hall–Kier alpha value is -4.61. The Morgan fingerprint density at radius 1 is 0.592 bits per heavy atom. The molecule has 0 unspecified atom stereocenters. The van der Waals surface area contributed by atoms with E-state index in [1.165, 1.54) is 15.5 Å². The first-order valence-corrected chi connectivity index (χ1v) is 23.6. The quantitative estimate of drug-likeness (QED) is 0.128. The number of benzene rings is 5. The van der Waals surface area contributed by atoms with Gasteiger partial charge in [0, 0.05) is 42.8 Å². The van der Waals surface area contributed by atoms with Crippen LogP contribution in [0.5, 0.6) is 0 Å². The van der Waals surface area contributed by atoms with E-state index in [1.807, 2.05) is 54.9 Å². The molecule has 0 saturated heterocycles. The second-order valence-corrected chi connectivity index (χ2v) is 23.6. The van der Waals surface area contributed by atoms with Crippen molar-refractivity contribution in [2.45, 2.75) is 24.2 Å². The molecule has 5 heteroatoms. The van der Waals surface area contributed by atoms with E-state index in [9.17, 15) is 0 Å². The number of para-hydroxylation sites is 1. The standard InChI is InChI=1S/C30H20NO.C14H16GeN.Ir/c1-20-17-28(31-19-27(20)22-11-6-3-7-12-22)23-15-16-29-26(18-23)25-14-8-13-24(30(25)32-29)21-9-4-2-5-10-21;1-15(2,3)13-9-10-14(16-11-13)12-7-5-4-6-8-12;/h2-14,16-19H,1H3;4-7,9-11H,1-3H3;/q2*-1;. The van der Waals surface area contributed by atoms with Crippen molar-refractivity contribution in [1.29, 1.82) is 0 Å². The zero-order valence-corrected chi connectivity index (χ0v) is 32.5. The molecule has 0 amide bonds. The van der Waals surface area contributed by atoms with Crippen molar-refractivity contribution < 1.29 is 24.5 Å². The Labute approximate surface area is 304 Å². The molecule has 0 bridgehead atoms. The third kappa shape index (κ3) is 7.53. The summed E-state index contributed by atoms with van der Waals surface area (Å²) in [6.07, 6.45) is 4.00. The molecule has 5 aromatic carbocycles. The van der Waals surface area contributed by atoms with Crippen molar-refractivity contribution in [2.24, 2.45) is 0 Å². The number of hydrogen-bond acceptors (Lipinski definition) is 3. The van der Waals surface area contributed by atoms with Crippen molar-refractivity contribution in [2.75, 3.05) is 0 Å². The smallest absolute Gasteiger partial charge is 0 e. The molecule has 49 heavy (non-hydrogen) atoms. The van der Waals surface area contributed by atoms with Gasteiger partial charge in [-0.15, -0.1) is 23.8 Å². The molecule has 0 atom stereocenters. The van der Waals surface area contributed by atoms with E-state index in [4.69, 9.17) is 9.40 Å². The summed E-state index contributed by atoms with van der Waals surface area (Å²) in [5.74, 6) is 7.14. The molecule has 0 aliphatic carbocycles. The van der Waals surface area contributed by atoms with Crippen LogP contribution in [0.4, 0.5) is 0 Å². The topological polar surface area (TPSA) is 38.9 Å². The summed E-state index contributed by atoms with van der Waals surface area (Å²) in [6.45, 7) is 2.13. The number of pyridine rings is 2. The van der Waals surface area contributed by atoms with Crippen LogP contribution >= 0.6 is 0 Å². The number of aromatic nitrogens is 2. The van der Waals surface area contributed by atoms with Gasteiger partial charge in [-0.3, -0.25) is 0 Å². The summed E-state index contributed by atoms with van der Waals surface area (Å²) < 4.78 is 7.72. The van der Waals surface area contributed by atoms with Crippen LogP contribution in [0.1, 0.15) is 5.56 Å². The Morgan fingerprint density at radius 3 is 1.92 bits per heavy atom. The monoisotopic (exact) mass is 875 g/mol. The average molecular weight is 874 g/mol. The van der Waals surface area contributed by atoms with E-state index in [2.05, 4.69) is 132 Å². The van der Waals surface area contributed by atoms with Crippen LogP contribution in [-0.4, -0.2) is 23.2 Å². The molecule has 1 radical (unpaired) electrons. The Bertz CT molecular complexity index is 2310. The van der Waals surface area contributed by atoms with Crippen LogP contribution < -0.4 is 4.40 Å². The molecule has 0 N–H and O–H groups in total. The molecular weight excluding hydrogens is 837 g/mol. The van der Waals surface area contributed by atoms with Crippen molar-refractivity contribution in [3.63, 3.8) is 0 Å². The van der Waals surface area contributed by atoms with Gasteiger partial charge < -0.3 is 9.40 Å². The SMILES string of the molecule is Cc1cc(-c2[c-]cc3oc4c(-c5ccccc5)cccc4c3c2)ncc1-c1ccccc1.[CH3][Ge]([CH3])([CH3])[c]1ccc(-c2[c-]cccc2)nc1.[Ir]. The van der Waals surface area contributed by atoms with Crippen molar-refractivity contribution >= 4 is 39.6 Å². The average Bonchev–Trinajstić information content (AvgIpc) is 3.51. The molecule has 0 saturated carbocycles. The minimum absolute atomic E-state index is 0. The first kappa shape index (κ1) is 34.3. The maximum atomic E-state index is 6.28. The molecular formula is C44H36GeIrN2O-2. The fourth-order valence-corrected chi connectivity index (χ4v) is 8.08. The number of hydrogen-bond donors (Lipinski definition) is 0. The van der Waals surface area contributed by atoms with Gasteiger partial charge in [-0.05, 0) is 29.3 Å². The Morgan fingerprint density at radius 2 is 1.29 bits per heavy atom. The van der Waals surface area contributed by atoms with Gasteiger partial charge in [0.25, 0.3) is 0 Å². The fourth-order valence-electron chi connectivity index (χ4n) is 5.91. The van der Waals surface area contributed by atoms with Gasteiger partial charge in [-0.1, -0.05) is 90.3 Å². The van der Waals surface area contributed by atoms with Crippen molar-refractivity contribution in [3.8, 4) is 44.8 Å². The van der Waals surface area contributed by atoms with Crippen LogP contribution in [0.3, 0.4) is 0 Å². The summed E-state index contributed by atoms with van der Waals surface area (Å²) in [5.41, 5.74) is 11.5. The fraction of sp³-hybridized carbons (Fsp3) is 0.0909. The van der Waals surface area contributed by atoms with Gasteiger partial charge in [0.2, 0.25) is 0 Å². The number of nitrogens with zero attached hydrogens (tertiary/aromatic N) is 2. The van der Waals surface area contributed by atoms with E-state index in [-0.39, 0.29) is 20.1 Å². The van der Waals surface area contributed by atoms with E-state index in [0.29, 0.717) is 0 Å². The Kier molecular flexibility index (Phi) is 10.4. The minimum atomic E-state index is -1.72. The molecule has 0 aliphatic heterocycles. The second kappa shape index (κ2) is 14.9. The maximum Gasteiger partial charge on any atom is 0 e. The number of furan rings is 1. The molecule has 3 heterocycles. The molecule has 8 aromatic rings. The first-order valence-electron chi connectivity index (χ1n) is 16.2. The van der Waals surface area contributed by atoms with Gasteiger partial charge in [-0.2, -0.15) is 0 Å². The van der Waals surface area contributed by atoms with Crippen molar-refractivity contribution in [3.05, 3.63) is 164 Å². The predicted octanol–water partition coefficient (Wildman–Crippen LogP) is 11.2. The van der Waals surface area contributed by atoms with Crippen LogP contribution in [0.25, 0.3) is 66.7 Å². The third-order valence-electron chi connectivity index (χ3n) is 8.60. The maximum absolute atomic E-state index is 6.28. The van der Waals surface area contributed by atoms with E-state index in [1.54, 1.807) is 0 Å². The molecule has 0 spiro atoms. The van der Waals surface area contributed by atoms with Crippen LogP contribution in [0.2, 0.25) is 17.3 Å². The predicted molar refractivity (Wildman–Crippen MR) is 203 cm³/mol. The Balaban J connectivity index is 0.000000208. The van der Waals surface area contributed by atoms with Crippen molar-refractivity contribution in [1.82, 2.24) is 9.97 Å². The van der Waals surface area contributed by atoms with Gasteiger partial charge in [0.15, 0.2) is 0 Å². The minimum Gasteiger partial charge on any atom is 0 e. The molecule has 243 valence electrons. The van der Waals surface area contributed by atoms with Gasteiger partial charge in [0.05, 0.1) is 5.58 Å².